The molecule has 3 nitrogen and oxygen atoms in total. The van der Waals surface area contributed by atoms with Gasteiger partial charge < -0.3 is 5.32 Å². The lowest BCUT2D eigenvalue weighted by atomic mass is 10.2. The average Bonchev–Trinajstić information content (AvgIpc) is 2.48. The molecule has 1 aromatic rings. The Labute approximate surface area is 127 Å². The Morgan fingerprint density at radius 1 is 1.15 bits per heavy atom. The normalized spacial score (nSPS) is 10.1. The van der Waals surface area contributed by atoms with E-state index in [-0.39, 0.29) is 5.91 Å². The number of hydrogen-bond acceptors (Lipinski definition) is 2. The number of unbranched alkanes of at least 4 members (excludes halogenated alkanes) is 2. The molecule has 0 saturated carbocycles. The van der Waals surface area contributed by atoms with Crippen LogP contribution in [-0.2, 0) is 0 Å². The lowest BCUT2D eigenvalue weighted by molar-refractivity contribution is 0.0844. The summed E-state index contributed by atoms with van der Waals surface area (Å²) in [4.78, 5) is 14.2. The zero-order valence-corrected chi connectivity index (χ0v) is 13.2. The summed E-state index contributed by atoms with van der Waals surface area (Å²) in [6.07, 6.45) is 4.16. The smallest absolute Gasteiger partial charge is 0.260 e. The largest absolute Gasteiger partial charge is 0.362 e. The fourth-order valence-electron chi connectivity index (χ4n) is 1.82. The third kappa shape index (κ3) is 5.29. The van der Waals surface area contributed by atoms with Crippen LogP contribution in [0.25, 0.3) is 0 Å². The van der Waals surface area contributed by atoms with Crippen molar-refractivity contribution in [2.75, 3.05) is 13.1 Å². The maximum Gasteiger partial charge on any atom is 0.260 e. The van der Waals surface area contributed by atoms with Crippen molar-refractivity contribution >= 4 is 23.2 Å². The molecule has 0 spiro atoms. The van der Waals surface area contributed by atoms with E-state index in [0.29, 0.717) is 17.2 Å². The monoisotopic (exact) mass is 292 g/mol. The minimum absolute atomic E-state index is 0.0203. The van der Waals surface area contributed by atoms with Gasteiger partial charge in [-0.15, -0.1) is 0 Å². The van der Waals surface area contributed by atoms with E-state index < -0.39 is 0 Å². The molecule has 0 bridgehead atoms. The van der Waals surface area contributed by atoms with Crippen molar-refractivity contribution in [3.8, 4) is 0 Å². The summed E-state index contributed by atoms with van der Waals surface area (Å²) in [5.41, 5.74) is 0.684. The topological polar surface area (TPSA) is 32.3 Å². The molecule has 0 saturated heterocycles. The van der Waals surface area contributed by atoms with Crippen LogP contribution in [0.4, 0.5) is 0 Å². The number of thiocarbonyl (C=S) groups is 1. The predicted octanol–water partition coefficient (Wildman–Crippen LogP) is 3.60. The van der Waals surface area contributed by atoms with Crippen molar-refractivity contribution in [1.29, 1.82) is 0 Å². The van der Waals surface area contributed by atoms with Crippen LogP contribution in [-0.4, -0.2) is 29.0 Å². The zero-order chi connectivity index (χ0) is 14.8. The Balaban J connectivity index is 2.72. The third-order valence-corrected chi connectivity index (χ3v) is 3.42. The predicted molar refractivity (Wildman–Crippen MR) is 87.9 cm³/mol. The number of rotatable bonds is 7. The Hall–Kier alpha value is -1.42. The highest BCUT2D eigenvalue weighted by molar-refractivity contribution is 7.80. The van der Waals surface area contributed by atoms with E-state index in [2.05, 4.69) is 19.2 Å². The summed E-state index contributed by atoms with van der Waals surface area (Å²) in [6, 6.07) is 9.31. The fourth-order valence-corrected chi connectivity index (χ4v) is 2.09. The molecular formula is C16H24N2OS. The molecule has 0 heterocycles. The van der Waals surface area contributed by atoms with Crippen LogP contribution < -0.4 is 5.32 Å². The molecule has 1 amide bonds. The molecule has 20 heavy (non-hydrogen) atoms. The first-order chi connectivity index (χ1) is 9.70. The van der Waals surface area contributed by atoms with Crippen molar-refractivity contribution < 1.29 is 4.79 Å². The van der Waals surface area contributed by atoms with Gasteiger partial charge in [-0.1, -0.05) is 44.9 Å². The van der Waals surface area contributed by atoms with Crippen LogP contribution in [0, 0.1) is 0 Å². The van der Waals surface area contributed by atoms with Crippen LogP contribution >= 0.6 is 12.2 Å². The van der Waals surface area contributed by atoms with Crippen LogP contribution in [0.2, 0.25) is 0 Å². The van der Waals surface area contributed by atoms with E-state index in [4.69, 9.17) is 12.2 Å². The molecular weight excluding hydrogens is 268 g/mol. The maximum atomic E-state index is 12.5. The maximum absolute atomic E-state index is 12.5. The molecule has 1 N–H and O–H groups in total. The minimum Gasteiger partial charge on any atom is -0.362 e. The van der Waals surface area contributed by atoms with Gasteiger partial charge in [0.05, 0.1) is 0 Å². The lowest BCUT2D eigenvalue weighted by Crippen LogP contribution is -2.44. The van der Waals surface area contributed by atoms with Crippen LogP contribution in [0.5, 0.6) is 0 Å². The van der Waals surface area contributed by atoms with Gasteiger partial charge >= 0.3 is 0 Å². The SMILES string of the molecule is CCCCNC(=S)N(CCCC)C(=O)c1ccccc1. The van der Waals surface area contributed by atoms with Gasteiger partial charge in [0.1, 0.15) is 0 Å². The summed E-state index contributed by atoms with van der Waals surface area (Å²) in [7, 11) is 0. The molecule has 4 heteroatoms. The quantitative estimate of drug-likeness (QED) is 0.615. The van der Waals surface area contributed by atoms with Gasteiger partial charge in [0, 0.05) is 18.7 Å². The second kappa shape index (κ2) is 9.48. The molecule has 0 atom stereocenters. The van der Waals surface area contributed by atoms with E-state index in [1.54, 1.807) is 4.90 Å². The number of amides is 1. The molecule has 1 aromatic carbocycles. The number of nitrogens with zero attached hydrogens (tertiary/aromatic N) is 1. The van der Waals surface area contributed by atoms with Gasteiger partial charge in [-0.25, -0.2) is 0 Å². The van der Waals surface area contributed by atoms with Gasteiger partial charge in [-0.05, 0) is 37.2 Å². The van der Waals surface area contributed by atoms with Gasteiger partial charge in [0.2, 0.25) is 0 Å². The van der Waals surface area contributed by atoms with Crippen LogP contribution in [0.15, 0.2) is 30.3 Å². The zero-order valence-electron chi connectivity index (χ0n) is 12.4. The van der Waals surface area contributed by atoms with Crippen molar-refractivity contribution in [3.05, 3.63) is 35.9 Å². The molecule has 0 aromatic heterocycles. The van der Waals surface area contributed by atoms with Crippen LogP contribution in [0.1, 0.15) is 49.9 Å². The van der Waals surface area contributed by atoms with Crippen molar-refractivity contribution in [1.82, 2.24) is 10.2 Å². The van der Waals surface area contributed by atoms with Crippen LogP contribution in [0.3, 0.4) is 0 Å². The highest BCUT2D eigenvalue weighted by Gasteiger charge is 2.18. The fraction of sp³-hybridized carbons (Fsp3) is 0.500. The Morgan fingerprint density at radius 2 is 1.80 bits per heavy atom. The first-order valence-electron chi connectivity index (χ1n) is 7.35. The molecule has 110 valence electrons. The standard InChI is InChI=1S/C16H24N2OS/c1-3-5-12-17-16(20)18(13-6-4-2)15(19)14-10-8-7-9-11-14/h7-11H,3-6,12-13H2,1-2H3,(H,17,20). The highest BCUT2D eigenvalue weighted by Crippen LogP contribution is 2.07. The van der Waals surface area contributed by atoms with Crippen molar-refractivity contribution in [2.45, 2.75) is 39.5 Å². The lowest BCUT2D eigenvalue weighted by Gasteiger charge is -2.24. The molecule has 0 radical (unpaired) electrons. The number of benzene rings is 1. The van der Waals surface area contributed by atoms with E-state index in [0.717, 1.165) is 32.2 Å². The van der Waals surface area contributed by atoms with Gasteiger partial charge in [-0.2, -0.15) is 0 Å². The van der Waals surface area contributed by atoms with Crippen molar-refractivity contribution in [2.24, 2.45) is 0 Å². The number of hydrogen-bond donors (Lipinski definition) is 1. The molecule has 0 fully saturated rings. The number of carbonyl (C=O) groups excluding carboxylic acids is 1. The molecule has 1 rings (SSSR count). The summed E-state index contributed by atoms with van der Waals surface area (Å²) >= 11 is 5.37. The van der Waals surface area contributed by atoms with Crippen molar-refractivity contribution in [3.63, 3.8) is 0 Å². The van der Waals surface area contributed by atoms with E-state index in [1.807, 2.05) is 30.3 Å². The van der Waals surface area contributed by atoms with E-state index in [9.17, 15) is 4.79 Å². The van der Waals surface area contributed by atoms with Gasteiger partial charge in [0.15, 0.2) is 5.11 Å². The molecule has 0 aliphatic rings. The third-order valence-electron chi connectivity index (χ3n) is 3.05. The Morgan fingerprint density at radius 3 is 2.40 bits per heavy atom. The Bertz CT molecular complexity index is 420. The number of nitrogens with one attached hydrogen (secondary N) is 1. The van der Waals surface area contributed by atoms with Gasteiger partial charge in [0.25, 0.3) is 5.91 Å². The Kier molecular flexibility index (Phi) is 7.88. The second-order valence-electron chi connectivity index (χ2n) is 4.76. The highest BCUT2D eigenvalue weighted by atomic mass is 32.1. The van der Waals surface area contributed by atoms with Gasteiger partial charge in [-0.3, -0.25) is 9.69 Å². The average molecular weight is 292 g/mol. The summed E-state index contributed by atoms with van der Waals surface area (Å²) in [5, 5.41) is 3.72. The number of carbonyl (C=O) groups is 1. The molecule has 0 unspecified atom stereocenters. The molecule has 0 aliphatic carbocycles. The first kappa shape index (κ1) is 16.6. The summed E-state index contributed by atoms with van der Waals surface area (Å²) in [6.45, 7) is 5.73. The molecule has 0 aliphatic heterocycles. The second-order valence-corrected chi connectivity index (χ2v) is 5.15. The summed E-state index contributed by atoms with van der Waals surface area (Å²) in [5.74, 6) is -0.0203. The minimum atomic E-state index is -0.0203. The summed E-state index contributed by atoms with van der Waals surface area (Å²) < 4.78 is 0. The van der Waals surface area contributed by atoms with E-state index in [1.165, 1.54) is 0 Å². The van der Waals surface area contributed by atoms with E-state index >= 15 is 0 Å². The first-order valence-corrected chi connectivity index (χ1v) is 7.76.